The molecule has 2 N–H and O–H groups in total. The van der Waals surface area contributed by atoms with Crippen LogP contribution in [0.5, 0.6) is 0 Å². The van der Waals surface area contributed by atoms with E-state index in [1.54, 1.807) is 18.2 Å². The van der Waals surface area contributed by atoms with Crippen molar-refractivity contribution in [3.8, 4) is 11.8 Å². The van der Waals surface area contributed by atoms with Gasteiger partial charge in [0, 0.05) is 17.4 Å². The molecule has 2 rings (SSSR count). The van der Waals surface area contributed by atoms with Gasteiger partial charge in [0.05, 0.1) is 21.8 Å². The van der Waals surface area contributed by atoms with E-state index in [2.05, 4.69) is 22.1 Å². The van der Waals surface area contributed by atoms with Crippen LogP contribution in [-0.2, 0) is 0 Å². The monoisotopic (exact) mass is 320 g/mol. The lowest BCUT2D eigenvalue weighted by atomic mass is 10.1. The van der Waals surface area contributed by atoms with Gasteiger partial charge in [0.2, 0.25) is 0 Å². The van der Waals surface area contributed by atoms with Crippen molar-refractivity contribution >= 4 is 34.8 Å². The summed E-state index contributed by atoms with van der Waals surface area (Å²) in [5.74, 6) is 4.79. The first-order chi connectivity index (χ1) is 10.1. The molecule has 1 aromatic heterocycles. The molecule has 0 radical (unpaired) electrons. The molecule has 0 unspecified atom stereocenters. The van der Waals surface area contributed by atoms with Gasteiger partial charge in [0.1, 0.15) is 6.61 Å². The number of nitrogens with one attached hydrogen (secondary N) is 1. The van der Waals surface area contributed by atoms with Crippen LogP contribution in [0.1, 0.15) is 15.9 Å². The molecule has 2 aromatic rings. The molecular formula is C15H10Cl2N2O2. The summed E-state index contributed by atoms with van der Waals surface area (Å²) >= 11 is 11.8. The van der Waals surface area contributed by atoms with Gasteiger partial charge in [0.25, 0.3) is 5.91 Å². The van der Waals surface area contributed by atoms with Crippen molar-refractivity contribution < 1.29 is 9.90 Å². The first-order valence-electron chi connectivity index (χ1n) is 5.92. The third-order valence-electron chi connectivity index (χ3n) is 2.55. The van der Waals surface area contributed by atoms with Gasteiger partial charge in [0.15, 0.2) is 0 Å². The van der Waals surface area contributed by atoms with E-state index < -0.39 is 0 Å². The number of aromatic nitrogens is 1. The van der Waals surface area contributed by atoms with Crippen molar-refractivity contribution in [1.82, 2.24) is 4.98 Å². The Morgan fingerprint density at radius 1 is 1.33 bits per heavy atom. The van der Waals surface area contributed by atoms with Crippen LogP contribution in [0.2, 0.25) is 10.0 Å². The summed E-state index contributed by atoms with van der Waals surface area (Å²) in [6.45, 7) is -0.293. The second-order valence-electron chi connectivity index (χ2n) is 3.96. The quantitative estimate of drug-likeness (QED) is 0.836. The smallest absolute Gasteiger partial charge is 0.257 e. The number of benzene rings is 1. The number of rotatable bonds is 2. The summed E-state index contributed by atoms with van der Waals surface area (Å²) in [6.07, 6.45) is 2.95. The molecule has 4 nitrogen and oxygen atoms in total. The molecule has 106 valence electrons. The third kappa shape index (κ3) is 3.96. The summed E-state index contributed by atoms with van der Waals surface area (Å²) in [7, 11) is 0. The first kappa shape index (κ1) is 15.3. The van der Waals surface area contributed by atoms with Crippen LogP contribution in [0, 0.1) is 11.8 Å². The molecule has 6 heteroatoms. The average molecular weight is 321 g/mol. The van der Waals surface area contributed by atoms with Crippen LogP contribution >= 0.6 is 23.2 Å². The minimum Gasteiger partial charge on any atom is -0.384 e. The number of aliphatic hydroxyl groups is 1. The summed E-state index contributed by atoms with van der Waals surface area (Å²) in [5, 5.41) is 12.2. The molecule has 0 spiro atoms. The normalized spacial score (nSPS) is 9.67. The van der Waals surface area contributed by atoms with Gasteiger partial charge in [-0.3, -0.25) is 9.78 Å². The highest BCUT2D eigenvalue weighted by molar-refractivity contribution is 6.36. The highest BCUT2D eigenvalue weighted by Gasteiger charge is 2.12. The number of carbonyl (C=O) groups excluding carboxylic acids is 1. The van der Waals surface area contributed by atoms with Crippen LogP contribution < -0.4 is 5.32 Å². The SMILES string of the molecule is O=C(Nc1ccc(Cl)cc1Cl)c1ccncc1C#CCO. The van der Waals surface area contributed by atoms with Crippen LogP contribution in [-0.4, -0.2) is 22.6 Å². The first-order valence-corrected chi connectivity index (χ1v) is 6.67. The van der Waals surface area contributed by atoms with E-state index in [-0.39, 0.29) is 12.5 Å². The van der Waals surface area contributed by atoms with E-state index in [1.165, 1.54) is 18.5 Å². The Labute approximate surface area is 131 Å². The molecule has 1 aromatic carbocycles. The lowest BCUT2D eigenvalue weighted by Crippen LogP contribution is -2.14. The number of aliphatic hydroxyl groups excluding tert-OH is 1. The predicted molar refractivity (Wildman–Crippen MR) is 82.6 cm³/mol. The lowest BCUT2D eigenvalue weighted by molar-refractivity contribution is 0.102. The molecule has 0 bridgehead atoms. The summed E-state index contributed by atoms with van der Waals surface area (Å²) in [4.78, 5) is 16.2. The fourth-order valence-corrected chi connectivity index (χ4v) is 2.06. The van der Waals surface area contributed by atoms with Crippen molar-refractivity contribution in [2.45, 2.75) is 0 Å². The van der Waals surface area contributed by atoms with Gasteiger partial charge >= 0.3 is 0 Å². The Morgan fingerprint density at radius 3 is 2.86 bits per heavy atom. The average Bonchev–Trinajstić information content (AvgIpc) is 2.48. The summed E-state index contributed by atoms with van der Waals surface area (Å²) < 4.78 is 0. The molecule has 0 fully saturated rings. The van der Waals surface area contributed by atoms with Crippen molar-refractivity contribution in [2.24, 2.45) is 0 Å². The number of hydrogen-bond donors (Lipinski definition) is 2. The van der Waals surface area contributed by atoms with E-state index in [0.717, 1.165) is 0 Å². The molecule has 0 saturated heterocycles. The van der Waals surface area contributed by atoms with Gasteiger partial charge in [-0.15, -0.1) is 0 Å². The Balaban J connectivity index is 2.28. The number of hydrogen-bond acceptors (Lipinski definition) is 3. The van der Waals surface area contributed by atoms with Gasteiger partial charge in [-0.25, -0.2) is 0 Å². The Morgan fingerprint density at radius 2 is 2.14 bits per heavy atom. The van der Waals surface area contributed by atoms with E-state index in [1.807, 2.05) is 0 Å². The minimum absolute atomic E-state index is 0.293. The molecule has 1 amide bonds. The van der Waals surface area contributed by atoms with Crippen molar-refractivity contribution in [3.05, 3.63) is 57.8 Å². The Bertz CT molecular complexity index is 736. The fraction of sp³-hybridized carbons (Fsp3) is 0.0667. The maximum absolute atomic E-state index is 12.3. The highest BCUT2D eigenvalue weighted by atomic mass is 35.5. The third-order valence-corrected chi connectivity index (χ3v) is 3.09. The molecule has 0 atom stereocenters. The van der Waals surface area contributed by atoms with E-state index in [9.17, 15) is 4.79 Å². The zero-order chi connectivity index (χ0) is 15.2. The Hall–Kier alpha value is -2.06. The van der Waals surface area contributed by atoms with Crippen LogP contribution in [0.4, 0.5) is 5.69 Å². The van der Waals surface area contributed by atoms with Gasteiger partial charge < -0.3 is 10.4 Å². The molecule has 0 aliphatic rings. The summed E-state index contributed by atoms with van der Waals surface area (Å²) in [6, 6.07) is 6.32. The lowest BCUT2D eigenvalue weighted by Gasteiger charge is -2.08. The molecular weight excluding hydrogens is 311 g/mol. The fourth-order valence-electron chi connectivity index (χ4n) is 1.61. The van der Waals surface area contributed by atoms with Gasteiger partial charge in [-0.2, -0.15) is 0 Å². The minimum atomic E-state index is -0.371. The molecule has 21 heavy (non-hydrogen) atoms. The number of halogens is 2. The second-order valence-corrected chi connectivity index (χ2v) is 4.80. The standard InChI is InChI=1S/C15H10Cl2N2O2/c16-11-3-4-14(13(17)8-11)19-15(21)12-5-6-18-9-10(12)2-1-7-20/h3-6,8-9,20H,7H2,(H,19,21). The predicted octanol–water partition coefficient (Wildman–Crippen LogP) is 2.98. The molecule has 1 heterocycles. The van der Waals surface area contributed by atoms with Crippen LogP contribution in [0.3, 0.4) is 0 Å². The zero-order valence-electron chi connectivity index (χ0n) is 10.7. The number of amides is 1. The van der Waals surface area contributed by atoms with Crippen molar-refractivity contribution in [1.29, 1.82) is 0 Å². The largest absolute Gasteiger partial charge is 0.384 e. The second kappa shape index (κ2) is 7.09. The molecule has 0 saturated carbocycles. The molecule has 0 aliphatic carbocycles. The maximum Gasteiger partial charge on any atom is 0.257 e. The number of nitrogens with zero attached hydrogens (tertiary/aromatic N) is 1. The van der Waals surface area contributed by atoms with Crippen molar-refractivity contribution in [3.63, 3.8) is 0 Å². The number of anilines is 1. The number of pyridine rings is 1. The van der Waals surface area contributed by atoms with Crippen molar-refractivity contribution in [2.75, 3.05) is 11.9 Å². The zero-order valence-corrected chi connectivity index (χ0v) is 12.2. The number of carbonyl (C=O) groups is 1. The van der Waals surface area contributed by atoms with E-state index in [0.29, 0.717) is 26.9 Å². The van der Waals surface area contributed by atoms with E-state index >= 15 is 0 Å². The van der Waals surface area contributed by atoms with E-state index in [4.69, 9.17) is 28.3 Å². The maximum atomic E-state index is 12.3. The summed E-state index contributed by atoms with van der Waals surface area (Å²) in [5.41, 5.74) is 1.22. The van der Waals surface area contributed by atoms with Crippen LogP contribution in [0.15, 0.2) is 36.7 Å². The van der Waals surface area contributed by atoms with Crippen LogP contribution in [0.25, 0.3) is 0 Å². The highest BCUT2D eigenvalue weighted by Crippen LogP contribution is 2.26. The topological polar surface area (TPSA) is 62.2 Å². The molecule has 0 aliphatic heterocycles. The van der Waals surface area contributed by atoms with Gasteiger partial charge in [-0.05, 0) is 24.3 Å². The Kier molecular flexibility index (Phi) is 5.18. The van der Waals surface area contributed by atoms with Gasteiger partial charge in [-0.1, -0.05) is 35.0 Å².